The predicted octanol–water partition coefficient (Wildman–Crippen LogP) is 10.9. The first-order valence-corrected chi connectivity index (χ1v) is 15.0. The van der Waals surface area contributed by atoms with Crippen molar-refractivity contribution in [3.8, 4) is 11.5 Å². The maximum Gasteiger partial charge on any atom is 0.416 e. The first kappa shape index (κ1) is 34.7. The summed E-state index contributed by atoms with van der Waals surface area (Å²) >= 11 is 0. The van der Waals surface area contributed by atoms with Crippen molar-refractivity contribution in [3.63, 3.8) is 0 Å². The molecule has 9 heteroatoms. The van der Waals surface area contributed by atoms with Gasteiger partial charge in [0.25, 0.3) is 0 Å². The monoisotopic (exact) mass is 724 g/mol. The quantitative estimate of drug-likeness (QED) is 0.201. The van der Waals surface area contributed by atoms with Crippen molar-refractivity contribution in [2.24, 2.45) is 0 Å². The summed E-state index contributed by atoms with van der Waals surface area (Å²) in [6.45, 7) is 7.75. The molecular formula is C38H32F6O2Zr. The van der Waals surface area contributed by atoms with Gasteiger partial charge in [0.1, 0.15) is 11.5 Å². The maximum atomic E-state index is 13.8. The Bertz CT molecular complexity index is 1810. The smallest absolute Gasteiger partial charge is 0.416 e. The SMILES string of the molecule is Cc1cc2c(cc1C)C(c1cc(C(F)(F)F)ccc1O)C(CCC1=Cc3cc(C)c(C)cc3C1c1cc(C(F)(F)F)ccc1O)=C2.[Zr]. The molecule has 2 aliphatic carbocycles. The Hall–Kier alpha value is -3.58. The average molecular weight is 726 g/mol. The molecule has 0 aromatic heterocycles. The molecule has 2 atom stereocenters. The van der Waals surface area contributed by atoms with Gasteiger partial charge in [0.2, 0.25) is 0 Å². The minimum atomic E-state index is -4.60. The molecule has 47 heavy (non-hydrogen) atoms. The Kier molecular flexibility index (Phi) is 9.21. The van der Waals surface area contributed by atoms with Crippen molar-refractivity contribution in [1.82, 2.24) is 0 Å². The van der Waals surface area contributed by atoms with Gasteiger partial charge in [-0.25, -0.2) is 0 Å². The van der Waals surface area contributed by atoms with Crippen LogP contribution in [0.1, 0.15) is 91.4 Å². The van der Waals surface area contributed by atoms with Crippen LogP contribution in [0.4, 0.5) is 26.3 Å². The molecule has 6 rings (SSSR count). The van der Waals surface area contributed by atoms with E-state index in [1.165, 1.54) is 0 Å². The fraction of sp³-hybridized carbons (Fsp3) is 0.263. The van der Waals surface area contributed by atoms with Crippen LogP contribution in [0.5, 0.6) is 11.5 Å². The van der Waals surface area contributed by atoms with Crippen molar-refractivity contribution < 1.29 is 62.8 Å². The fourth-order valence-electron chi connectivity index (χ4n) is 6.82. The van der Waals surface area contributed by atoms with Crippen molar-refractivity contribution in [1.29, 1.82) is 0 Å². The van der Waals surface area contributed by atoms with E-state index in [2.05, 4.69) is 0 Å². The third kappa shape index (κ3) is 6.48. The van der Waals surface area contributed by atoms with E-state index in [4.69, 9.17) is 0 Å². The van der Waals surface area contributed by atoms with E-state index in [0.717, 1.165) is 92.1 Å². The average Bonchev–Trinajstić information content (AvgIpc) is 3.48. The second-order valence-electron chi connectivity index (χ2n) is 12.5. The van der Waals surface area contributed by atoms with Gasteiger partial charge in [0.05, 0.1) is 11.1 Å². The second-order valence-corrected chi connectivity index (χ2v) is 12.5. The largest absolute Gasteiger partial charge is 0.508 e. The van der Waals surface area contributed by atoms with Crippen LogP contribution in [-0.4, -0.2) is 10.2 Å². The van der Waals surface area contributed by atoms with Gasteiger partial charge in [-0.2, -0.15) is 26.3 Å². The number of alkyl halides is 6. The van der Waals surface area contributed by atoms with Crippen LogP contribution >= 0.6 is 0 Å². The summed E-state index contributed by atoms with van der Waals surface area (Å²) in [6.07, 6.45) is -4.59. The van der Waals surface area contributed by atoms with Gasteiger partial charge < -0.3 is 10.2 Å². The molecule has 0 fully saturated rings. The van der Waals surface area contributed by atoms with Crippen LogP contribution in [-0.2, 0) is 38.6 Å². The molecule has 0 saturated carbocycles. The van der Waals surface area contributed by atoms with E-state index in [1.54, 1.807) is 0 Å². The number of aryl methyl sites for hydroxylation is 4. The van der Waals surface area contributed by atoms with Crippen LogP contribution in [0, 0.1) is 27.7 Å². The number of phenols is 2. The summed E-state index contributed by atoms with van der Waals surface area (Å²) in [5.74, 6) is -1.79. The Morgan fingerprint density at radius 1 is 0.511 bits per heavy atom. The summed E-state index contributed by atoms with van der Waals surface area (Å²) in [7, 11) is 0. The number of rotatable bonds is 5. The molecule has 2 nitrogen and oxygen atoms in total. The first-order valence-electron chi connectivity index (χ1n) is 15.0. The number of halogens is 6. The Balaban J connectivity index is 0.00000433. The zero-order chi connectivity index (χ0) is 33.3. The summed E-state index contributed by atoms with van der Waals surface area (Å²) in [5.41, 5.74) is 7.36. The van der Waals surface area contributed by atoms with Crippen molar-refractivity contribution in [2.75, 3.05) is 0 Å². The zero-order valence-electron chi connectivity index (χ0n) is 26.2. The Morgan fingerprint density at radius 3 is 1.19 bits per heavy atom. The van der Waals surface area contributed by atoms with Gasteiger partial charge in [-0.3, -0.25) is 0 Å². The van der Waals surface area contributed by atoms with Gasteiger partial charge >= 0.3 is 12.4 Å². The van der Waals surface area contributed by atoms with Crippen molar-refractivity contribution >= 4 is 12.2 Å². The van der Waals surface area contributed by atoms with Gasteiger partial charge in [-0.15, -0.1) is 0 Å². The summed E-state index contributed by atoms with van der Waals surface area (Å²) in [6, 6.07) is 13.7. The van der Waals surface area contributed by atoms with Gasteiger partial charge in [0, 0.05) is 49.2 Å². The third-order valence-corrected chi connectivity index (χ3v) is 9.48. The molecule has 0 radical (unpaired) electrons. The van der Waals surface area contributed by atoms with Gasteiger partial charge in [-0.05, 0) is 121 Å². The fourth-order valence-corrected chi connectivity index (χ4v) is 6.82. The van der Waals surface area contributed by atoms with E-state index >= 15 is 0 Å². The van der Waals surface area contributed by atoms with E-state index in [1.807, 2.05) is 64.1 Å². The summed E-state index contributed by atoms with van der Waals surface area (Å²) in [5, 5.41) is 21.7. The van der Waals surface area contributed by atoms with E-state index < -0.39 is 35.3 Å². The number of allylic oxidation sites excluding steroid dienone is 2. The van der Waals surface area contributed by atoms with E-state index in [0.29, 0.717) is 12.8 Å². The van der Waals surface area contributed by atoms with Crippen LogP contribution in [0.15, 0.2) is 71.8 Å². The minimum absolute atomic E-state index is 0. The molecule has 0 bridgehead atoms. The van der Waals surface area contributed by atoms with Crippen LogP contribution in [0.3, 0.4) is 0 Å². The molecule has 0 saturated heterocycles. The van der Waals surface area contributed by atoms with Crippen LogP contribution in [0.25, 0.3) is 12.2 Å². The first-order chi connectivity index (χ1) is 21.5. The maximum absolute atomic E-state index is 13.8. The topological polar surface area (TPSA) is 40.5 Å². The Morgan fingerprint density at radius 2 is 0.851 bits per heavy atom. The number of fused-ring (bicyclic) bond motifs is 2. The molecule has 2 N–H and O–H groups in total. The molecule has 0 heterocycles. The van der Waals surface area contributed by atoms with Crippen LogP contribution < -0.4 is 0 Å². The summed E-state index contributed by atoms with van der Waals surface area (Å²) < 4.78 is 82.7. The molecule has 4 aromatic carbocycles. The Labute approximate surface area is 288 Å². The predicted molar refractivity (Wildman–Crippen MR) is 167 cm³/mol. The van der Waals surface area contributed by atoms with Gasteiger partial charge in [-0.1, -0.05) is 47.6 Å². The molecule has 0 amide bonds. The minimum Gasteiger partial charge on any atom is -0.508 e. The number of hydrogen-bond acceptors (Lipinski definition) is 2. The molecule has 2 aliphatic rings. The molecule has 2 unspecified atom stereocenters. The molecule has 0 spiro atoms. The molecule has 242 valence electrons. The molecule has 4 aromatic rings. The van der Waals surface area contributed by atoms with Gasteiger partial charge in [0.15, 0.2) is 0 Å². The zero-order valence-corrected chi connectivity index (χ0v) is 28.6. The normalized spacial score (nSPS) is 17.1. The number of aromatic hydroxyl groups is 2. The van der Waals surface area contributed by atoms with E-state index in [9.17, 15) is 36.6 Å². The standard InChI is InChI=1S/C38H32F6O2.Zr/c1-19-11-25-15-23(35(29(25)13-21(19)3)31-17-27(37(39,40)41)7-9-33(31)45)5-6-24-16-26-12-20(2)22(4)14-30(26)36(24)32-18-28(38(42,43)44)8-10-34(32)46;/h7-18,35-36,45-46H,5-6H2,1-4H3;. The number of hydrogen-bond donors (Lipinski definition) is 2. The van der Waals surface area contributed by atoms with E-state index in [-0.39, 0.29) is 48.8 Å². The van der Waals surface area contributed by atoms with Crippen molar-refractivity contribution in [3.05, 3.63) is 139 Å². The van der Waals surface area contributed by atoms with Crippen molar-refractivity contribution in [2.45, 2.75) is 64.7 Å². The van der Waals surface area contributed by atoms with Crippen LogP contribution in [0.2, 0.25) is 0 Å². The number of benzene rings is 4. The molecule has 0 aliphatic heterocycles. The molecular weight excluding hydrogens is 694 g/mol. The number of phenolic OH excluding ortho intramolecular Hbond substituents is 2. The second kappa shape index (κ2) is 12.5. The summed E-state index contributed by atoms with van der Waals surface area (Å²) in [4.78, 5) is 0. The third-order valence-electron chi connectivity index (χ3n) is 9.48.